The number of aryl methyl sites for hydroxylation is 1. The van der Waals surface area contributed by atoms with Crippen LogP contribution in [0.1, 0.15) is 37.4 Å². The molecule has 2 aliphatic rings. The number of pyridine rings is 1. The Labute approximate surface area is 142 Å². The van der Waals surface area contributed by atoms with Crippen molar-refractivity contribution in [3.05, 3.63) is 29.6 Å². The number of aromatic nitrogens is 1. The minimum absolute atomic E-state index is 0.0521. The van der Waals surface area contributed by atoms with Crippen molar-refractivity contribution in [3.63, 3.8) is 0 Å². The highest BCUT2D eigenvalue weighted by molar-refractivity contribution is 5.80. The van der Waals surface area contributed by atoms with E-state index >= 15 is 0 Å². The smallest absolute Gasteiger partial charge is 0.335 e. The lowest BCUT2D eigenvalue weighted by Crippen LogP contribution is -2.53. The van der Waals surface area contributed by atoms with Crippen LogP contribution in [0.15, 0.2) is 18.3 Å². The Morgan fingerprint density at radius 3 is 2.83 bits per heavy atom. The Kier molecular flexibility index (Phi) is 4.85. The number of ether oxygens (including phenoxy) is 2. The van der Waals surface area contributed by atoms with E-state index in [1.54, 1.807) is 6.20 Å². The minimum atomic E-state index is -0.563. The molecule has 130 valence electrons. The van der Waals surface area contributed by atoms with E-state index in [1.807, 2.05) is 24.0 Å². The summed E-state index contributed by atoms with van der Waals surface area (Å²) in [4.78, 5) is 30.8. The summed E-state index contributed by atoms with van der Waals surface area (Å²) in [6, 6.07) is 3.95. The van der Waals surface area contributed by atoms with E-state index in [0.717, 1.165) is 24.1 Å². The molecule has 0 aliphatic carbocycles. The third-order valence-corrected chi connectivity index (χ3v) is 5.00. The van der Waals surface area contributed by atoms with E-state index in [0.29, 0.717) is 12.8 Å². The highest BCUT2D eigenvalue weighted by Gasteiger charge is 2.47. The van der Waals surface area contributed by atoms with Crippen LogP contribution in [0.2, 0.25) is 0 Å². The fourth-order valence-corrected chi connectivity index (χ4v) is 3.74. The zero-order valence-electron chi connectivity index (χ0n) is 14.4. The number of esters is 1. The summed E-state index contributed by atoms with van der Waals surface area (Å²) in [5, 5.41) is 0. The van der Waals surface area contributed by atoms with Gasteiger partial charge in [0.1, 0.15) is 0 Å². The zero-order chi connectivity index (χ0) is 17.3. The molecule has 0 N–H and O–H groups in total. The fraction of sp³-hybridized carbons (Fsp3) is 0.611. The molecule has 2 fully saturated rings. The molecule has 0 bridgehead atoms. The van der Waals surface area contributed by atoms with E-state index in [1.165, 1.54) is 7.11 Å². The number of methoxy groups -OCH3 is 1. The third kappa shape index (κ3) is 3.29. The van der Waals surface area contributed by atoms with Crippen LogP contribution in [-0.4, -0.2) is 53.2 Å². The van der Waals surface area contributed by atoms with E-state index in [9.17, 15) is 9.59 Å². The van der Waals surface area contributed by atoms with Gasteiger partial charge in [0.25, 0.3) is 0 Å². The number of likely N-dealkylation sites (tertiary alicyclic amines) is 1. The second kappa shape index (κ2) is 6.89. The SMILES string of the molecule is COC(=O)[C@@H]1C[C@@H]2[C@H](CC[C@H](C)N2C(=O)Cc2ccc(C)nc2)O1. The molecular formula is C18H24N2O4. The van der Waals surface area contributed by atoms with Crippen LogP contribution >= 0.6 is 0 Å². The average Bonchev–Trinajstić information content (AvgIpc) is 3.00. The number of carbonyl (C=O) groups is 2. The maximum Gasteiger partial charge on any atom is 0.335 e. The van der Waals surface area contributed by atoms with E-state index < -0.39 is 6.10 Å². The molecule has 0 aromatic carbocycles. The second-order valence-electron chi connectivity index (χ2n) is 6.70. The van der Waals surface area contributed by atoms with Gasteiger partial charge in [0, 0.05) is 24.4 Å². The molecule has 4 atom stereocenters. The second-order valence-corrected chi connectivity index (χ2v) is 6.70. The lowest BCUT2D eigenvalue weighted by atomic mass is 9.92. The molecule has 2 saturated heterocycles. The van der Waals surface area contributed by atoms with Gasteiger partial charge in [-0.2, -0.15) is 0 Å². The van der Waals surface area contributed by atoms with Gasteiger partial charge in [0.2, 0.25) is 5.91 Å². The van der Waals surface area contributed by atoms with Crippen molar-refractivity contribution in [1.29, 1.82) is 0 Å². The molecule has 6 heteroatoms. The average molecular weight is 332 g/mol. The Morgan fingerprint density at radius 2 is 2.17 bits per heavy atom. The Bertz CT molecular complexity index is 616. The van der Waals surface area contributed by atoms with Gasteiger partial charge in [-0.05, 0) is 38.3 Å². The van der Waals surface area contributed by atoms with Gasteiger partial charge < -0.3 is 14.4 Å². The maximum atomic E-state index is 12.9. The first kappa shape index (κ1) is 16.9. The molecule has 24 heavy (non-hydrogen) atoms. The molecule has 3 heterocycles. The maximum absolute atomic E-state index is 12.9. The van der Waals surface area contributed by atoms with Gasteiger partial charge in [-0.15, -0.1) is 0 Å². The van der Waals surface area contributed by atoms with Crippen LogP contribution in [0.4, 0.5) is 0 Å². The molecule has 0 unspecified atom stereocenters. The molecule has 1 amide bonds. The van der Waals surface area contributed by atoms with Crippen molar-refractivity contribution in [2.24, 2.45) is 0 Å². The third-order valence-electron chi connectivity index (χ3n) is 5.00. The van der Waals surface area contributed by atoms with Crippen LogP contribution < -0.4 is 0 Å². The van der Waals surface area contributed by atoms with Crippen LogP contribution in [0.3, 0.4) is 0 Å². The normalized spacial score (nSPS) is 29.2. The number of fused-ring (bicyclic) bond motifs is 1. The zero-order valence-corrected chi connectivity index (χ0v) is 14.4. The summed E-state index contributed by atoms with van der Waals surface area (Å²) in [5.41, 5.74) is 1.84. The quantitative estimate of drug-likeness (QED) is 0.787. The monoisotopic (exact) mass is 332 g/mol. The lowest BCUT2D eigenvalue weighted by molar-refractivity contribution is -0.154. The largest absolute Gasteiger partial charge is 0.467 e. The van der Waals surface area contributed by atoms with Crippen molar-refractivity contribution in [2.45, 2.75) is 63.8 Å². The highest BCUT2D eigenvalue weighted by atomic mass is 16.6. The summed E-state index contributed by atoms with van der Waals surface area (Å²) in [6.07, 6.45) is 3.70. The number of hydrogen-bond donors (Lipinski definition) is 0. The van der Waals surface area contributed by atoms with Gasteiger partial charge in [-0.25, -0.2) is 4.79 Å². The van der Waals surface area contributed by atoms with Crippen LogP contribution in [0.25, 0.3) is 0 Å². The Hall–Kier alpha value is -1.95. The van der Waals surface area contributed by atoms with Gasteiger partial charge in [-0.1, -0.05) is 6.07 Å². The van der Waals surface area contributed by atoms with E-state index in [-0.39, 0.29) is 30.1 Å². The summed E-state index contributed by atoms with van der Waals surface area (Å²) < 4.78 is 10.6. The number of hydrogen-bond acceptors (Lipinski definition) is 5. The predicted octanol–water partition coefficient (Wildman–Crippen LogP) is 1.64. The summed E-state index contributed by atoms with van der Waals surface area (Å²) in [5.74, 6) is -0.288. The van der Waals surface area contributed by atoms with Gasteiger partial charge >= 0.3 is 5.97 Å². The van der Waals surface area contributed by atoms with Crippen molar-refractivity contribution < 1.29 is 19.1 Å². The first-order valence-electron chi connectivity index (χ1n) is 8.45. The first-order chi connectivity index (χ1) is 11.5. The number of carbonyl (C=O) groups excluding carboxylic acids is 2. The molecule has 6 nitrogen and oxygen atoms in total. The van der Waals surface area contributed by atoms with Crippen LogP contribution in [-0.2, 0) is 25.5 Å². The molecule has 1 aromatic heterocycles. The predicted molar refractivity (Wildman–Crippen MR) is 87.3 cm³/mol. The number of piperidine rings is 1. The van der Waals surface area contributed by atoms with Gasteiger partial charge in [0.05, 0.1) is 25.7 Å². The summed E-state index contributed by atoms with van der Waals surface area (Å²) in [6.45, 7) is 3.98. The molecule has 0 spiro atoms. The van der Waals surface area contributed by atoms with Crippen molar-refractivity contribution >= 4 is 11.9 Å². The van der Waals surface area contributed by atoms with Crippen LogP contribution in [0.5, 0.6) is 0 Å². The Morgan fingerprint density at radius 1 is 1.38 bits per heavy atom. The molecule has 2 aliphatic heterocycles. The van der Waals surface area contributed by atoms with E-state index in [2.05, 4.69) is 11.9 Å². The van der Waals surface area contributed by atoms with Crippen molar-refractivity contribution in [1.82, 2.24) is 9.88 Å². The lowest BCUT2D eigenvalue weighted by Gasteiger charge is -2.41. The molecule has 0 radical (unpaired) electrons. The topological polar surface area (TPSA) is 68.7 Å². The summed E-state index contributed by atoms with van der Waals surface area (Å²) in [7, 11) is 1.36. The van der Waals surface area contributed by atoms with Gasteiger partial charge in [-0.3, -0.25) is 9.78 Å². The molecule has 1 aromatic rings. The Balaban J connectivity index is 1.73. The van der Waals surface area contributed by atoms with Crippen molar-refractivity contribution in [2.75, 3.05) is 7.11 Å². The summed E-state index contributed by atoms with van der Waals surface area (Å²) >= 11 is 0. The first-order valence-corrected chi connectivity index (χ1v) is 8.45. The van der Waals surface area contributed by atoms with Crippen LogP contribution in [0, 0.1) is 6.92 Å². The molecular weight excluding hydrogens is 308 g/mol. The standard InChI is InChI=1S/C18H24N2O4/c1-11-4-6-13(10-19-11)8-17(21)20-12(2)5-7-15-14(20)9-16(24-15)18(22)23-3/h4,6,10,12,14-16H,5,7-9H2,1-3H3/t12-,14+,15-,16-/m0/s1. The molecule has 0 saturated carbocycles. The van der Waals surface area contributed by atoms with Crippen molar-refractivity contribution in [3.8, 4) is 0 Å². The number of amides is 1. The minimum Gasteiger partial charge on any atom is -0.467 e. The number of rotatable bonds is 3. The number of nitrogens with zero attached hydrogens (tertiary/aromatic N) is 2. The molecule has 3 rings (SSSR count). The van der Waals surface area contributed by atoms with Gasteiger partial charge in [0.15, 0.2) is 6.10 Å². The van der Waals surface area contributed by atoms with E-state index in [4.69, 9.17) is 9.47 Å². The highest BCUT2D eigenvalue weighted by Crippen LogP contribution is 2.35. The fourth-order valence-electron chi connectivity index (χ4n) is 3.74.